The molecule has 0 heterocycles. The van der Waals surface area contributed by atoms with Gasteiger partial charge in [0, 0.05) is 5.41 Å². The lowest BCUT2D eigenvalue weighted by molar-refractivity contribution is 0.103. The molecule has 0 bridgehead atoms. The maximum Gasteiger partial charge on any atom is 0.0978 e. The van der Waals surface area contributed by atoms with Crippen LogP contribution in [-0.2, 0) is 4.74 Å². The van der Waals surface area contributed by atoms with E-state index in [0.717, 1.165) is 6.42 Å². The van der Waals surface area contributed by atoms with Gasteiger partial charge in [-0.05, 0) is 44.1 Å². The van der Waals surface area contributed by atoms with E-state index in [4.69, 9.17) is 4.74 Å². The smallest absolute Gasteiger partial charge is 0.0978 e. The van der Waals surface area contributed by atoms with Crippen LogP contribution in [0.1, 0.15) is 52.4 Å². The van der Waals surface area contributed by atoms with E-state index in [2.05, 4.69) is 44.2 Å². The molecule has 0 radical (unpaired) electrons. The monoisotopic (exact) mass is 246 g/mol. The van der Waals surface area contributed by atoms with Gasteiger partial charge in [-0.1, -0.05) is 44.6 Å². The minimum Gasteiger partial charge on any atom is -0.498 e. The van der Waals surface area contributed by atoms with Crippen LogP contribution in [-0.4, -0.2) is 6.10 Å². The number of allylic oxidation sites excluding steroid dienone is 5. The Morgan fingerprint density at radius 3 is 2.56 bits per heavy atom. The first-order valence-corrected chi connectivity index (χ1v) is 7.40. The molecule has 0 aliphatic heterocycles. The highest BCUT2D eigenvalue weighted by Gasteiger charge is 2.28. The van der Waals surface area contributed by atoms with Gasteiger partial charge in [-0.2, -0.15) is 0 Å². The van der Waals surface area contributed by atoms with Crippen molar-refractivity contribution in [2.24, 2.45) is 11.3 Å². The number of ether oxygens (including phenoxy) is 1. The topological polar surface area (TPSA) is 9.23 Å². The Morgan fingerprint density at radius 1 is 1.17 bits per heavy atom. The first-order chi connectivity index (χ1) is 8.73. The highest BCUT2D eigenvalue weighted by molar-refractivity contribution is 5.23. The summed E-state index contributed by atoms with van der Waals surface area (Å²) in [5.41, 5.74) is 0.156. The van der Waals surface area contributed by atoms with Crippen molar-refractivity contribution in [3.8, 4) is 0 Å². The second-order valence-corrected chi connectivity index (χ2v) is 5.96. The van der Waals surface area contributed by atoms with E-state index in [-0.39, 0.29) is 5.41 Å². The van der Waals surface area contributed by atoms with E-state index in [0.29, 0.717) is 12.0 Å². The van der Waals surface area contributed by atoms with E-state index in [1.807, 2.05) is 6.26 Å². The zero-order valence-corrected chi connectivity index (χ0v) is 11.8. The normalized spacial score (nSPS) is 29.3. The lowest BCUT2D eigenvalue weighted by Gasteiger charge is -2.32. The van der Waals surface area contributed by atoms with Crippen LogP contribution in [0.15, 0.2) is 36.6 Å². The van der Waals surface area contributed by atoms with Crippen molar-refractivity contribution in [1.82, 2.24) is 0 Å². The molecule has 1 heteroatoms. The van der Waals surface area contributed by atoms with E-state index in [1.165, 1.54) is 32.1 Å². The van der Waals surface area contributed by atoms with Gasteiger partial charge in [0.05, 0.1) is 12.4 Å². The van der Waals surface area contributed by atoms with Crippen molar-refractivity contribution in [1.29, 1.82) is 0 Å². The van der Waals surface area contributed by atoms with Crippen LogP contribution in [0.3, 0.4) is 0 Å². The quantitative estimate of drug-likeness (QED) is 0.634. The minimum absolute atomic E-state index is 0.156. The Balaban J connectivity index is 1.92. The first kappa shape index (κ1) is 13.5. The molecule has 0 aromatic rings. The summed E-state index contributed by atoms with van der Waals surface area (Å²) in [6, 6.07) is 0. The third kappa shape index (κ3) is 3.28. The van der Waals surface area contributed by atoms with E-state index in [9.17, 15) is 0 Å². The standard InChI is InChI=1S/C17H26O/c1-15(2)17(11-7-4-8-12-17)13-14-18-16-9-5-3-6-10-16/h4,7-8,11,13-16H,3,5-6,9-10,12H2,1-2H3. The molecule has 18 heavy (non-hydrogen) atoms. The predicted molar refractivity (Wildman–Crippen MR) is 77.3 cm³/mol. The number of hydrogen-bond acceptors (Lipinski definition) is 1. The summed E-state index contributed by atoms with van der Waals surface area (Å²) >= 11 is 0. The molecule has 1 atom stereocenters. The number of hydrogen-bond donors (Lipinski definition) is 0. The van der Waals surface area contributed by atoms with E-state index >= 15 is 0 Å². The molecule has 0 N–H and O–H groups in total. The third-order valence-corrected chi connectivity index (χ3v) is 4.40. The maximum atomic E-state index is 5.92. The van der Waals surface area contributed by atoms with Gasteiger partial charge in [0.2, 0.25) is 0 Å². The molecule has 0 amide bonds. The van der Waals surface area contributed by atoms with Crippen LogP contribution in [0, 0.1) is 11.3 Å². The Bertz CT molecular complexity index is 332. The van der Waals surface area contributed by atoms with Gasteiger partial charge in [-0.3, -0.25) is 0 Å². The second kappa shape index (κ2) is 6.26. The fourth-order valence-electron chi connectivity index (χ4n) is 2.88. The molecule has 0 spiro atoms. The summed E-state index contributed by atoms with van der Waals surface area (Å²) in [7, 11) is 0. The summed E-state index contributed by atoms with van der Waals surface area (Å²) < 4.78 is 5.92. The Hall–Kier alpha value is -0.980. The maximum absolute atomic E-state index is 5.92. The van der Waals surface area contributed by atoms with Crippen LogP contribution in [0.25, 0.3) is 0 Å². The molecule has 2 aliphatic carbocycles. The zero-order chi connectivity index (χ0) is 12.8. The average Bonchev–Trinajstić information content (AvgIpc) is 2.41. The van der Waals surface area contributed by atoms with Crippen molar-refractivity contribution in [2.45, 2.75) is 58.5 Å². The number of rotatable bonds is 4. The van der Waals surface area contributed by atoms with Crippen molar-refractivity contribution in [3.05, 3.63) is 36.6 Å². The molecule has 0 saturated heterocycles. The molecule has 1 nitrogen and oxygen atoms in total. The molecule has 1 unspecified atom stereocenters. The van der Waals surface area contributed by atoms with E-state index < -0.39 is 0 Å². The Labute approximate surface area is 112 Å². The molecule has 2 aliphatic rings. The summed E-state index contributed by atoms with van der Waals surface area (Å²) in [5.74, 6) is 0.602. The highest BCUT2D eigenvalue weighted by Crippen LogP contribution is 2.37. The summed E-state index contributed by atoms with van der Waals surface area (Å²) in [4.78, 5) is 0. The highest BCUT2D eigenvalue weighted by atomic mass is 16.5. The predicted octanol–water partition coefficient (Wildman–Crippen LogP) is 5.01. The van der Waals surface area contributed by atoms with Crippen LogP contribution in [0.2, 0.25) is 0 Å². The SMILES string of the molecule is CC(C)C1(C=COC2CCCCC2)C=CC=CC1. The van der Waals surface area contributed by atoms with Gasteiger partial charge in [0.25, 0.3) is 0 Å². The van der Waals surface area contributed by atoms with Crippen molar-refractivity contribution in [3.63, 3.8) is 0 Å². The molecule has 1 fully saturated rings. The van der Waals surface area contributed by atoms with Crippen LogP contribution in [0.4, 0.5) is 0 Å². The average molecular weight is 246 g/mol. The van der Waals surface area contributed by atoms with Gasteiger partial charge in [0.15, 0.2) is 0 Å². The summed E-state index contributed by atoms with van der Waals surface area (Å²) in [6.07, 6.45) is 21.2. The van der Waals surface area contributed by atoms with E-state index in [1.54, 1.807) is 0 Å². The molecule has 100 valence electrons. The van der Waals surface area contributed by atoms with Crippen LogP contribution in [0.5, 0.6) is 0 Å². The van der Waals surface area contributed by atoms with Gasteiger partial charge >= 0.3 is 0 Å². The minimum atomic E-state index is 0.156. The second-order valence-electron chi connectivity index (χ2n) is 5.96. The molecule has 0 aromatic carbocycles. The van der Waals surface area contributed by atoms with Gasteiger partial charge < -0.3 is 4.74 Å². The molecule has 2 rings (SSSR count). The van der Waals surface area contributed by atoms with Gasteiger partial charge in [-0.15, -0.1) is 0 Å². The van der Waals surface area contributed by atoms with Crippen molar-refractivity contribution in [2.75, 3.05) is 0 Å². The Kier molecular flexibility index (Phi) is 4.68. The lowest BCUT2D eigenvalue weighted by Crippen LogP contribution is -2.23. The zero-order valence-electron chi connectivity index (χ0n) is 11.8. The fraction of sp³-hybridized carbons (Fsp3) is 0.647. The summed E-state index contributed by atoms with van der Waals surface area (Å²) in [6.45, 7) is 4.57. The summed E-state index contributed by atoms with van der Waals surface area (Å²) in [5, 5.41) is 0. The first-order valence-electron chi connectivity index (χ1n) is 7.40. The Morgan fingerprint density at radius 2 is 1.94 bits per heavy atom. The third-order valence-electron chi connectivity index (χ3n) is 4.40. The largest absolute Gasteiger partial charge is 0.498 e. The van der Waals surface area contributed by atoms with Gasteiger partial charge in [-0.25, -0.2) is 0 Å². The molecular weight excluding hydrogens is 220 g/mol. The lowest BCUT2D eigenvalue weighted by atomic mass is 9.73. The van der Waals surface area contributed by atoms with Crippen LogP contribution >= 0.6 is 0 Å². The van der Waals surface area contributed by atoms with Gasteiger partial charge in [0.1, 0.15) is 0 Å². The van der Waals surface area contributed by atoms with Crippen LogP contribution < -0.4 is 0 Å². The fourth-order valence-corrected chi connectivity index (χ4v) is 2.88. The molecule has 0 aromatic heterocycles. The van der Waals surface area contributed by atoms with Crippen molar-refractivity contribution < 1.29 is 4.74 Å². The molecular formula is C17H26O. The van der Waals surface area contributed by atoms with Crippen molar-refractivity contribution >= 4 is 0 Å². The molecule has 1 saturated carbocycles.